The minimum absolute atomic E-state index is 0.129. The second kappa shape index (κ2) is 14.1. The Morgan fingerprint density at radius 2 is 1.68 bits per heavy atom. The monoisotopic (exact) mass is 508 g/mol. The Morgan fingerprint density at radius 1 is 0.971 bits per heavy atom. The van der Waals surface area contributed by atoms with Gasteiger partial charge in [0.1, 0.15) is 6.04 Å². The number of nitrogens with one attached hydrogen (secondary N) is 1. The van der Waals surface area contributed by atoms with Crippen LogP contribution in [0.5, 0.6) is 11.5 Å². The molecule has 0 spiro atoms. The number of amides is 2. The number of rotatable bonds is 13. The summed E-state index contributed by atoms with van der Waals surface area (Å²) >= 11 is 12.4. The average Bonchev–Trinajstić information content (AvgIpc) is 2.80. The van der Waals surface area contributed by atoms with Gasteiger partial charge in [0, 0.05) is 29.6 Å². The molecule has 2 aromatic rings. The molecule has 0 aliphatic heterocycles. The molecule has 1 N–H and O–H groups in total. The molecule has 0 aliphatic rings. The molecule has 0 heterocycles. The van der Waals surface area contributed by atoms with Crippen LogP contribution in [0.3, 0.4) is 0 Å². The zero-order valence-electron chi connectivity index (χ0n) is 20.3. The van der Waals surface area contributed by atoms with Crippen LogP contribution in [-0.4, -0.2) is 42.5 Å². The number of hydrogen-bond acceptors (Lipinski definition) is 4. The number of benzene rings is 2. The highest BCUT2D eigenvalue weighted by Crippen LogP contribution is 2.29. The van der Waals surface area contributed by atoms with E-state index < -0.39 is 6.04 Å². The van der Waals surface area contributed by atoms with Crippen LogP contribution in [0.15, 0.2) is 36.4 Å². The summed E-state index contributed by atoms with van der Waals surface area (Å²) in [5, 5.41) is 3.82. The fourth-order valence-electron chi connectivity index (χ4n) is 3.69. The summed E-state index contributed by atoms with van der Waals surface area (Å²) in [6.45, 7) is 9.35. The van der Waals surface area contributed by atoms with Gasteiger partial charge in [-0.05, 0) is 69.0 Å². The van der Waals surface area contributed by atoms with E-state index in [1.54, 1.807) is 23.1 Å². The lowest BCUT2D eigenvalue weighted by molar-refractivity contribution is -0.141. The summed E-state index contributed by atoms with van der Waals surface area (Å²) in [6, 6.07) is 10.3. The van der Waals surface area contributed by atoms with Crippen molar-refractivity contribution in [1.82, 2.24) is 10.2 Å². The largest absolute Gasteiger partial charge is 0.490 e. The van der Waals surface area contributed by atoms with Crippen molar-refractivity contribution in [3.8, 4) is 11.5 Å². The van der Waals surface area contributed by atoms with Gasteiger partial charge in [-0.1, -0.05) is 42.3 Å². The van der Waals surface area contributed by atoms with E-state index >= 15 is 0 Å². The third kappa shape index (κ3) is 7.81. The summed E-state index contributed by atoms with van der Waals surface area (Å²) in [4.78, 5) is 27.8. The third-order valence-corrected chi connectivity index (χ3v) is 5.92. The Balaban J connectivity index is 2.25. The van der Waals surface area contributed by atoms with Gasteiger partial charge in [-0.2, -0.15) is 0 Å². The van der Waals surface area contributed by atoms with E-state index in [1.165, 1.54) is 0 Å². The van der Waals surface area contributed by atoms with Crippen molar-refractivity contribution in [3.63, 3.8) is 0 Å². The van der Waals surface area contributed by atoms with E-state index in [9.17, 15) is 9.59 Å². The number of carbonyl (C=O) groups is 2. The van der Waals surface area contributed by atoms with E-state index in [0.717, 1.165) is 11.1 Å². The lowest BCUT2D eigenvalue weighted by Crippen LogP contribution is -2.49. The summed E-state index contributed by atoms with van der Waals surface area (Å²) in [5.74, 6) is 1.03. The lowest BCUT2D eigenvalue weighted by Gasteiger charge is -2.31. The van der Waals surface area contributed by atoms with Gasteiger partial charge in [0.2, 0.25) is 11.8 Å². The number of aryl methyl sites for hydroxylation is 1. The molecular weight excluding hydrogens is 475 g/mol. The summed E-state index contributed by atoms with van der Waals surface area (Å²) in [5.41, 5.74) is 1.69. The zero-order valence-corrected chi connectivity index (χ0v) is 21.8. The second-order valence-electron chi connectivity index (χ2n) is 7.72. The maximum Gasteiger partial charge on any atom is 0.242 e. The molecular formula is C26H34Cl2N2O4. The van der Waals surface area contributed by atoms with Crippen LogP contribution in [0.25, 0.3) is 0 Å². The number of hydrogen-bond donors (Lipinski definition) is 1. The van der Waals surface area contributed by atoms with Gasteiger partial charge in [0.25, 0.3) is 0 Å². The van der Waals surface area contributed by atoms with Crippen molar-refractivity contribution < 1.29 is 19.1 Å². The first-order valence-corrected chi connectivity index (χ1v) is 12.5. The van der Waals surface area contributed by atoms with Gasteiger partial charge < -0.3 is 19.7 Å². The minimum Gasteiger partial charge on any atom is -0.490 e. The predicted octanol–water partition coefficient (Wildman–Crippen LogP) is 5.67. The van der Waals surface area contributed by atoms with Crippen molar-refractivity contribution in [2.45, 2.75) is 59.5 Å². The topological polar surface area (TPSA) is 67.9 Å². The first-order valence-electron chi connectivity index (χ1n) is 11.7. The lowest BCUT2D eigenvalue weighted by atomic mass is 10.1. The molecule has 1 unspecified atom stereocenters. The fourth-order valence-corrected chi connectivity index (χ4v) is 4.16. The molecule has 0 aliphatic carbocycles. The van der Waals surface area contributed by atoms with Crippen LogP contribution in [0.2, 0.25) is 10.0 Å². The van der Waals surface area contributed by atoms with E-state index in [1.807, 2.05) is 45.9 Å². The van der Waals surface area contributed by atoms with Crippen molar-refractivity contribution >= 4 is 35.0 Å². The van der Waals surface area contributed by atoms with Gasteiger partial charge in [0.15, 0.2) is 11.5 Å². The van der Waals surface area contributed by atoms with Crippen LogP contribution < -0.4 is 14.8 Å². The summed E-state index contributed by atoms with van der Waals surface area (Å²) < 4.78 is 11.3. The Morgan fingerprint density at radius 3 is 2.29 bits per heavy atom. The predicted molar refractivity (Wildman–Crippen MR) is 137 cm³/mol. The van der Waals surface area contributed by atoms with Crippen LogP contribution in [0.4, 0.5) is 0 Å². The standard InChI is InChI=1S/C26H34Cl2N2O4/c1-5-22(26(32)29-6-2)30(17-19-11-12-20(27)16-21(19)28)25(31)14-10-18-9-13-23(33-7-3)24(15-18)34-8-4/h9,11-13,15-16,22H,5-8,10,14,17H2,1-4H3,(H,29,32). The molecule has 2 rings (SSSR count). The molecule has 186 valence electrons. The van der Waals surface area contributed by atoms with Gasteiger partial charge in [-0.25, -0.2) is 0 Å². The molecule has 8 heteroatoms. The van der Waals surface area contributed by atoms with E-state index in [-0.39, 0.29) is 24.8 Å². The van der Waals surface area contributed by atoms with Crippen molar-refractivity contribution in [3.05, 3.63) is 57.6 Å². The molecule has 6 nitrogen and oxygen atoms in total. The maximum absolute atomic E-state index is 13.4. The van der Waals surface area contributed by atoms with Gasteiger partial charge in [-0.15, -0.1) is 0 Å². The van der Waals surface area contributed by atoms with Gasteiger partial charge in [-0.3, -0.25) is 9.59 Å². The number of likely N-dealkylation sites (N-methyl/N-ethyl adjacent to an activating group) is 1. The van der Waals surface area contributed by atoms with E-state index in [4.69, 9.17) is 32.7 Å². The first kappa shape index (κ1) is 27.8. The quantitative estimate of drug-likeness (QED) is 0.378. The zero-order chi connectivity index (χ0) is 25.1. The van der Waals surface area contributed by atoms with Gasteiger partial charge in [0.05, 0.1) is 13.2 Å². The van der Waals surface area contributed by atoms with Crippen molar-refractivity contribution in [2.75, 3.05) is 19.8 Å². The van der Waals surface area contributed by atoms with Crippen molar-refractivity contribution in [2.24, 2.45) is 0 Å². The smallest absolute Gasteiger partial charge is 0.242 e. The average molecular weight is 509 g/mol. The molecule has 2 amide bonds. The first-order chi connectivity index (χ1) is 16.3. The highest BCUT2D eigenvalue weighted by Gasteiger charge is 2.28. The third-order valence-electron chi connectivity index (χ3n) is 5.33. The Bertz CT molecular complexity index is 968. The number of ether oxygens (including phenoxy) is 2. The Kier molecular flexibility index (Phi) is 11.5. The Labute approximate surface area is 212 Å². The Hall–Kier alpha value is -2.44. The summed E-state index contributed by atoms with van der Waals surface area (Å²) in [6.07, 6.45) is 1.23. The van der Waals surface area contributed by atoms with E-state index in [0.29, 0.717) is 54.1 Å². The van der Waals surface area contributed by atoms with Crippen LogP contribution in [0.1, 0.15) is 51.7 Å². The second-order valence-corrected chi connectivity index (χ2v) is 8.57. The van der Waals surface area contributed by atoms with Crippen LogP contribution in [0, 0.1) is 0 Å². The number of halogens is 2. The normalized spacial score (nSPS) is 11.6. The molecule has 34 heavy (non-hydrogen) atoms. The molecule has 2 aromatic carbocycles. The fraction of sp³-hybridized carbons (Fsp3) is 0.462. The number of nitrogens with zero attached hydrogens (tertiary/aromatic N) is 1. The van der Waals surface area contributed by atoms with Crippen LogP contribution in [-0.2, 0) is 22.6 Å². The SMILES string of the molecule is CCNC(=O)C(CC)N(Cc1ccc(Cl)cc1Cl)C(=O)CCc1ccc(OCC)c(OCC)c1. The molecule has 0 saturated heterocycles. The molecule has 1 atom stereocenters. The number of carbonyl (C=O) groups excluding carboxylic acids is 2. The molecule has 0 aromatic heterocycles. The summed E-state index contributed by atoms with van der Waals surface area (Å²) in [7, 11) is 0. The van der Waals surface area contributed by atoms with Crippen molar-refractivity contribution in [1.29, 1.82) is 0 Å². The molecule has 0 radical (unpaired) electrons. The van der Waals surface area contributed by atoms with Crippen LogP contribution >= 0.6 is 23.2 Å². The molecule has 0 saturated carbocycles. The van der Waals surface area contributed by atoms with Gasteiger partial charge >= 0.3 is 0 Å². The minimum atomic E-state index is -0.599. The van der Waals surface area contributed by atoms with E-state index in [2.05, 4.69) is 5.32 Å². The highest BCUT2D eigenvalue weighted by molar-refractivity contribution is 6.35. The maximum atomic E-state index is 13.4. The molecule has 0 fully saturated rings. The highest BCUT2D eigenvalue weighted by atomic mass is 35.5. The molecule has 0 bridgehead atoms.